The average molecular weight is 323 g/mol. The molecule has 0 aliphatic carbocycles. The molecular weight excluding hydrogens is 294 g/mol. The third-order valence-electron chi connectivity index (χ3n) is 1.76. The van der Waals surface area contributed by atoms with Gasteiger partial charge >= 0.3 is 6.09 Å². The van der Waals surface area contributed by atoms with Crippen LogP contribution < -0.4 is 5.32 Å². The summed E-state index contributed by atoms with van der Waals surface area (Å²) in [7, 11) is 3.72. The summed E-state index contributed by atoms with van der Waals surface area (Å²) >= 11 is 0. The van der Waals surface area contributed by atoms with Gasteiger partial charge in [-0.05, 0) is 39.0 Å². The number of nitrogens with one attached hydrogen (secondary N) is 1. The van der Waals surface area contributed by atoms with Gasteiger partial charge in [-0.25, -0.2) is 9.78 Å². The highest BCUT2D eigenvalue weighted by Crippen LogP contribution is 2.09. The number of allylic oxidation sites excluding steroid dienone is 1. The van der Waals surface area contributed by atoms with Crippen LogP contribution in [-0.4, -0.2) is 42.0 Å². The molecule has 0 saturated heterocycles. The van der Waals surface area contributed by atoms with Gasteiger partial charge in [0.2, 0.25) is 0 Å². The number of carbonyl (C=O) groups excluding carboxylic acids is 2. The molecule has 0 radical (unpaired) electrons. The van der Waals surface area contributed by atoms with Crippen molar-refractivity contribution < 1.29 is 14.3 Å². The van der Waals surface area contributed by atoms with E-state index >= 15 is 0 Å². The number of hydrogen-bond donors (Lipinski definition) is 1. The predicted octanol–water partition coefficient (Wildman–Crippen LogP) is 3.72. The van der Waals surface area contributed by atoms with Gasteiger partial charge in [0.05, 0.1) is 0 Å². The molecule has 0 spiro atoms. The second-order valence-corrected chi connectivity index (χ2v) is 5.28. The maximum absolute atomic E-state index is 11.3. The Bertz CT molecular complexity index is 452. The summed E-state index contributed by atoms with van der Waals surface area (Å²) in [5.41, 5.74) is -0.487. The van der Waals surface area contributed by atoms with E-state index in [0.717, 1.165) is 6.29 Å². The van der Waals surface area contributed by atoms with Gasteiger partial charge in [0, 0.05) is 26.5 Å². The lowest BCUT2D eigenvalue weighted by molar-refractivity contribution is -0.104. The summed E-state index contributed by atoms with van der Waals surface area (Å²) in [6, 6.07) is 5.27. The highest BCUT2D eigenvalue weighted by molar-refractivity contribution is 5.83. The van der Waals surface area contributed by atoms with Crippen LogP contribution in [0.5, 0.6) is 0 Å². The second kappa shape index (κ2) is 13.3. The van der Waals surface area contributed by atoms with E-state index in [1.165, 1.54) is 6.08 Å². The molecule has 130 valence electrons. The number of hydrogen-bond acceptors (Lipinski definition) is 5. The summed E-state index contributed by atoms with van der Waals surface area (Å²) in [6.45, 7) is 9.43. The van der Waals surface area contributed by atoms with Crippen LogP contribution in [0.4, 0.5) is 10.6 Å². The van der Waals surface area contributed by atoms with Crippen LogP contribution in [0.25, 0.3) is 0 Å². The first-order valence-electron chi connectivity index (χ1n) is 7.44. The van der Waals surface area contributed by atoms with Crippen molar-refractivity contribution in [3.05, 3.63) is 36.7 Å². The Kier molecular flexibility index (Phi) is 13.2. The lowest BCUT2D eigenvalue weighted by Gasteiger charge is -2.19. The summed E-state index contributed by atoms with van der Waals surface area (Å²) in [6.07, 6.45) is 5.00. The Morgan fingerprint density at radius 1 is 1.26 bits per heavy atom. The molecule has 0 aromatic carbocycles. The van der Waals surface area contributed by atoms with Gasteiger partial charge in [0.15, 0.2) is 0 Å². The van der Waals surface area contributed by atoms with Gasteiger partial charge in [-0.15, -0.1) is 0 Å². The molecule has 0 saturated carbocycles. The fraction of sp³-hybridized carbons (Fsp3) is 0.471. The minimum atomic E-state index is -0.490. The molecule has 0 aliphatic rings. The number of ether oxygens (including phenoxy) is 1. The Morgan fingerprint density at radius 3 is 2.22 bits per heavy atom. The van der Waals surface area contributed by atoms with Gasteiger partial charge in [0.25, 0.3) is 0 Å². The van der Waals surface area contributed by atoms with Crippen LogP contribution >= 0.6 is 0 Å². The fourth-order valence-electron chi connectivity index (χ4n) is 1.05. The maximum Gasteiger partial charge on any atom is 0.413 e. The number of amides is 1. The first-order chi connectivity index (χ1) is 10.7. The number of anilines is 1. The Morgan fingerprint density at radius 2 is 1.87 bits per heavy atom. The van der Waals surface area contributed by atoms with Crippen LogP contribution in [0.3, 0.4) is 0 Å². The SMILES string of the molecule is CC.CC(C)(C)OC(=O)Nc1ccccn1.CN(C)/C=C/C=O. The van der Waals surface area contributed by atoms with Crippen LogP contribution in [0.2, 0.25) is 0 Å². The fourth-order valence-corrected chi connectivity index (χ4v) is 1.05. The third-order valence-corrected chi connectivity index (χ3v) is 1.76. The van der Waals surface area contributed by atoms with Crippen molar-refractivity contribution in [2.45, 2.75) is 40.2 Å². The average Bonchev–Trinajstić information content (AvgIpc) is 2.47. The normalized spacial score (nSPS) is 9.70. The standard InChI is InChI=1S/C10H14N2O2.C5H9NO.C2H6/c1-10(2,3)14-9(13)12-8-6-4-5-7-11-8;1-6(2)4-3-5-7;1-2/h4-7H,1-3H3,(H,11,12,13);3-5H,1-2H3;1-2H3/b;4-3+;. The van der Waals surface area contributed by atoms with Gasteiger partial charge in [-0.1, -0.05) is 19.9 Å². The Labute approximate surface area is 139 Å². The van der Waals surface area contributed by atoms with Crippen LogP contribution in [-0.2, 0) is 9.53 Å². The topological polar surface area (TPSA) is 71.5 Å². The Hall–Kier alpha value is -2.37. The van der Waals surface area contributed by atoms with Gasteiger partial charge in [-0.3, -0.25) is 10.1 Å². The van der Waals surface area contributed by atoms with Crippen molar-refractivity contribution in [3.8, 4) is 0 Å². The van der Waals surface area contributed by atoms with E-state index in [-0.39, 0.29) is 0 Å². The molecule has 1 aromatic rings. The van der Waals surface area contributed by atoms with Crippen molar-refractivity contribution in [3.63, 3.8) is 0 Å². The number of nitrogens with zero attached hydrogens (tertiary/aromatic N) is 2. The molecule has 1 N–H and O–H groups in total. The first kappa shape index (κ1) is 22.9. The Balaban J connectivity index is 0. The summed E-state index contributed by atoms with van der Waals surface area (Å²) in [5.74, 6) is 0.488. The maximum atomic E-state index is 11.3. The monoisotopic (exact) mass is 323 g/mol. The third kappa shape index (κ3) is 17.6. The zero-order valence-corrected chi connectivity index (χ0v) is 15.2. The number of aromatic nitrogens is 1. The van der Waals surface area contributed by atoms with Gasteiger partial charge in [-0.2, -0.15) is 0 Å². The number of aldehydes is 1. The zero-order chi connectivity index (χ0) is 18.3. The van der Waals surface area contributed by atoms with Crippen molar-refractivity contribution in [2.75, 3.05) is 19.4 Å². The molecule has 0 atom stereocenters. The van der Waals surface area contributed by atoms with E-state index in [1.54, 1.807) is 35.5 Å². The molecular formula is C17H29N3O3. The molecule has 6 heteroatoms. The van der Waals surface area contributed by atoms with E-state index < -0.39 is 11.7 Å². The molecule has 0 aliphatic heterocycles. The number of carbonyl (C=O) groups is 2. The van der Waals surface area contributed by atoms with Gasteiger partial charge in [0.1, 0.15) is 17.7 Å². The van der Waals surface area contributed by atoms with Crippen LogP contribution in [0.1, 0.15) is 34.6 Å². The van der Waals surface area contributed by atoms with E-state index in [4.69, 9.17) is 4.74 Å². The number of rotatable bonds is 3. The van der Waals surface area contributed by atoms with E-state index in [2.05, 4.69) is 10.3 Å². The van der Waals surface area contributed by atoms with Crippen molar-refractivity contribution >= 4 is 18.2 Å². The quantitative estimate of drug-likeness (QED) is 0.678. The van der Waals surface area contributed by atoms with E-state index in [1.807, 2.05) is 48.7 Å². The summed E-state index contributed by atoms with van der Waals surface area (Å²) < 4.78 is 5.05. The molecule has 1 heterocycles. The van der Waals surface area contributed by atoms with Crippen LogP contribution in [0, 0.1) is 0 Å². The molecule has 23 heavy (non-hydrogen) atoms. The molecule has 1 aromatic heterocycles. The van der Waals surface area contributed by atoms with Crippen LogP contribution in [0.15, 0.2) is 36.7 Å². The summed E-state index contributed by atoms with van der Waals surface area (Å²) in [5, 5.41) is 2.53. The molecule has 6 nitrogen and oxygen atoms in total. The minimum Gasteiger partial charge on any atom is -0.444 e. The van der Waals surface area contributed by atoms with E-state index in [9.17, 15) is 9.59 Å². The van der Waals surface area contributed by atoms with Crippen molar-refractivity contribution in [1.29, 1.82) is 0 Å². The largest absolute Gasteiger partial charge is 0.444 e. The van der Waals surface area contributed by atoms with Crippen molar-refractivity contribution in [1.82, 2.24) is 9.88 Å². The lowest BCUT2D eigenvalue weighted by atomic mass is 10.2. The number of pyridine rings is 1. The molecule has 0 fully saturated rings. The van der Waals surface area contributed by atoms with E-state index in [0.29, 0.717) is 5.82 Å². The highest BCUT2D eigenvalue weighted by atomic mass is 16.6. The molecule has 1 rings (SSSR count). The van der Waals surface area contributed by atoms with Gasteiger partial charge < -0.3 is 9.64 Å². The minimum absolute atomic E-state index is 0.487. The smallest absolute Gasteiger partial charge is 0.413 e. The lowest BCUT2D eigenvalue weighted by Crippen LogP contribution is -2.27. The summed E-state index contributed by atoms with van der Waals surface area (Å²) in [4.78, 5) is 26.6. The second-order valence-electron chi connectivity index (χ2n) is 5.28. The molecule has 0 unspecified atom stereocenters. The first-order valence-corrected chi connectivity index (χ1v) is 7.44. The molecule has 1 amide bonds. The highest BCUT2D eigenvalue weighted by Gasteiger charge is 2.16. The molecule has 0 bridgehead atoms. The zero-order valence-electron chi connectivity index (χ0n) is 15.2. The predicted molar refractivity (Wildman–Crippen MR) is 94.3 cm³/mol. The van der Waals surface area contributed by atoms with Crippen molar-refractivity contribution in [2.24, 2.45) is 0 Å².